The zero-order valence-corrected chi connectivity index (χ0v) is 10.9. The molecule has 1 aromatic rings. The summed E-state index contributed by atoms with van der Waals surface area (Å²) in [4.78, 5) is 11.4. The van der Waals surface area contributed by atoms with Gasteiger partial charge in [-0.25, -0.2) is 4.39 Å². The molecular weight excluding hydrogens is 235 g/mol. The lowest BCUT2D eigenvalue weighted by atomic mass is 10.1. The molecule has 4 nitrogen and oxygen atoms in total. The number of rotatable bonds is 5. The van der Waals surface area contributed by atoms with Gasteiger partial charge in [0.2, 0.25) is 0 Å². The predicted octanol–water partition coefficient (Wildman–Crippen LogP) is 1.75. The normalized spacial score (nSPS) is 12.3. The van der Waals surface area contributed by atoms with Crippen LogP contribution in [-0.2, 0) is 4.79 Å². The molecule has 0 saturated heterocycles. The summed E-state index contributed by atoms with van der Waals surface area (Å²) >= 11 is 0. The van der Waals surface area contributed by atoms with E-state index in [1.165, 1.54) is 12.1 Å². The van der Waals surface area contributed by atoms with Crippen molar-refractivity contribution < 1.29 is 13.9 Å². The molecule has 0 fully saturated rings. The number of nitrogens with one attached hydrogen (secondary N) is 1. The lowest BCUT2D eigenvalue weighted by Crippen LogP contribution is -2.34. The Morgan fingerprint density at radius 1 is 1.44 bits per heavy atom. The molecule has 1 amide bonds. The fraction of sp³-hybridized carbons (Fsp3) is 0.462. The van der Waals surface area contributed by atoms with Crippen LogP contribution in [0, 0.1) is 5.82 Å². The highest BCUT2D eigenvalue weighted by molar-refractivity contribution is 5.77. The molecule has 0 aliphatic heterocycles. The molecule has 1 aromatic carbocycles. The van der Waals surface area contributed by atoms with Crippen LogP contribution in [0.25, 0.3) is 0 Å². The third-order valence-electron chi connectivity index (χ3n) is 2.27. The third kappa shape index (κ3) is 4.33. The highest BCUT2D eigenvalue weighted by atomic mass is 19.1. The van der Waals surface area contributed by atoms with Gasteiger partial charge in [0.05, 0.1) is 0 Å². The van der Waals surface area contributed by atoms with Crippen LogP contribution in [0.15, 0.2) is 18.2 Å². The molecule has 0 bridgehead atoms. The number of benzene rings is 1. The van der Waals surface area contributed by atoms with Crippen molar-refractivity contribution in [1.82, 2.24) is 5.32 Å². The highest BCUT2D eigenvalue weighted by Gasteiger charge is 2.11. The van der Waals surface area contributed by atoms with Gasteiger partial charge < -0.3 is 15.8 Å². The molecule has 0 aliphatic carbocycles. The fourth-order valence-electron chi connectivity index (χ4n) is 1.52. The molecule has 100 valence electrons. The first kappa shape index (κ1) is 14.4. The van der Waals surface area contributed by atoms with Gasteiger partial charge in [-0.1, -0.05) is 6.07 Å². The number of halogens is 1. The zero-order chi connectivity index (χ0) is 13.7. The molecular formula is C13H19FN2O2. The molecule has 0 aliphatic rings. The van der Waals surface area contributed by atoms with Crippen molar-refractivity contribution in [3.05, 3.63) is 29.6 Å². The van der Waals surface area contributed by atoms with Crippen molar-refractivity contribution >= 4 is 5.91 Å². The Kier molecular flexibility index (Phi) is 5.09. The fourth-order valence-corrected chi connectivity index (χ4v) is 1.52. The number of carbonyl (C=O) groups is 1. The molecule has 0 radical (unpaired) electrons. The molecule has 0 heterocycles. The van der Waals surface area contributed by atoms with Crippen molar-refractivity contribution in [3.8, 4) is 5.75 Å². The van der Waals surface area contributed by atoms with E-state index in [1.54, 1.807) is 13.0 Å². The average Bonchev–Trinajstić information content (AvgIpc) is 2.25. The first-order chi connectivity index (χ1) is 8.40. The van der Waals surface area contributed by atoms with Crippen LogP contribution >= 0.6 is 0 Å². The van der Waals surface area contributed by atoms with Gasteiger partial charge in [-0.3, -0.25) is 4.79 Å². The van der Waals surface area contributed by atoms with E-state index in [1.807, 2.05) is 13.8 Å². The van der Waals surface area contributed by atoms with E-state index >= 15 is 0 Å². The molecule has 18 heavy (non-hydrogen) atoms. The lowest BCUT2D eigenvalue weighted by Gasteiger charge is -2.14. The van der Waals surface area contributed by atoms with Crippen molar-refractivity contribution in [2.45, 2.75) is 32.9 Å². The van der Waals surface area contributed by atoms with Crippen LogP contribution in [0.1, 0.15) is 32.4 Å². The molecule has 5 heteroatoms. The molecule has 0 saturated carbocycles. The Hall–Kier alpha value is -1.62. The van der Waals surface area contributed by atoms with Crippen LogP contribution in [0.3, 0.4) is 0 Å². The van der Waals surface area contributed by atoms with Crippen molar-refractivity contribution in [3.63, 3.8) is 0 Å². The maximum absolute atomic E-state index is 13.1. The van der Waals surface area contributed by atoms with Crippen molar-refractivity contribution in [2.24, 2.45) is 5.73 Å². The first-order valence-corrected chi connectivity index (χ1v) is 5.87. The molecule has 0 unspecified atom stereocenters. The molecule has 1 rings (SSSR count). The minimum atomic E-state index is -0.418. The topological polar surface area (TPSA) is 64.3 Å². The van der Waals surface area contributed by atoms with Gasteiger partial charge in [0, 0.05) is 23.7 Å². The van der Waals surface area contributed by atoms with Gasteiger partial charge in [0.25, 0.3) is 5.91 Å². The highest BCUT2D eigenvalue weighted by Crippen LogP contribution is 2.24. The second kappa shape index (κ2) is 6.35. The number of carbonyl (C=O) groups excluding carboxylic acids is 1. The number of nitrogens with two attached hydrogens (primary N) is 1. The number of hydrogen-bond donors (Lipinski definition) is 2. The van der Waals surface area contributed by atoms with Gasteiger partial charge in [0.15, 0.2) is 6.61 Å². The second-order valence-electron chi connectivity index (χ2n) is 4.48. The summed E-state index contributed by atoms with van der Waals surface area (Å²) < 4.78 is 18.4. The number of amides is 1. The van der Waals surface area contributed by atoms with Gasteiger partial charge >= 0.3 is 0 Å². The van der Waals surface area contributed by atoms with Gasteiger partial charge in [-0.2, -0.15) is 0 Å². The van der Waals surface area contributed by atoms with Crippen LogP contribution < -0.4 is 15.8 Å². The number of hydrogen-bond acceptors (Lipinski definition) is 3. The van der Waals surface area contributed by atoms with E-state index < -0.39 is 5.82 Å². The summed E-state index contributed by atoms with van der Waals surface area (Å²) in [5.41, 5.74) is 6.42. The van der Waals surface area contributed by atoms with E-state index in [0.717, 1.165) is 0 Å². The van der Waals surface area contributed by atoms with Crippen LogP contribution in [0.4, 0.5) is 4.39 Å². The molecule has 1 atom stereocenters. The Morgan fingerprint density at radius 3 is 2.67 bits per heavy atom. The molecule has 3 N–H and O–H groups in total. The first-order valence-electron chi connectivity index (χ1n) is 5.87. The average molecular weight is 254 g/mol. The third-order valence-corrected chi connectivity index (χ3v) is 2.27. The molecule has 0 spiro atoms. The maximum Gasteiger partial charge on any atom is 0.258 e. The van der Waals surface area contributed by atoms with E-state index in [-0.39, 0.29) is 24.6 Å². The Labute approximate surface area is 106 Å². The molecule has 0 aromatic heterocycles. The summed E-state index contributed by atoms with van der Waals surface area (Å²) in [5, 5.41) is 2.69. The standard InChI is InChI=1S/C13H19FN2O2/c1-8(2)16-13(17)7-18-12-6-10(14)4-5-11(12)9(3)15/h4-6,8-9H,7,15H2,1-3H3,(H,16,17)/t9-/m1/s1. The van der Waals surface area contributed by atoms with E-state index in [2.05, 4.69) is 5.32 Å². The van der Waals surface area contributed by atoms with Gasteiger partial charge in [-0.05, 0) is 26.8 Å². The quantitative estimate of drug-likeness (QED) is 0.841. The van der Waals surface area contributed by atoms with Crippen LogP contribution in [0.5, 0.6) is 5.75 Å². The maximum atomic E-state index is 13.1. The summed E-state index contributed by atoms with van der Waals surface area (Å²) in [6, 6.07) is 3.88. The largest absolute Gasteiger partial charge is 0.483 e. The van der Waals surface area contributed by atoms with E-state index in [0.29, 0.717) is 11.3 Å². The van der Waals surface area contributed by atoms with Gasteiger partial charge in [0.1, 0.15) is 11.6 Å². The Bertz CT molecular complexity index is 419. The van der Waals surface area contributed by atoms with Gasteiger partial charge in [-0.15, -0.1) is 0 Å². The summed E-state index contributed by atoms with van der Waals surface area (Å²) in [6.07, 6.45) is 0. The van der Waals surface area contributed by atoms with Crippen molar-refractivity contribution in [2.75, 3.05) is 6.61 Å². The lowest BCUT2D eigenvalue weighted by molar-refractivity contribution is -0.123. The Balaban J connectivity index is 2.71. The Morgan fingerprint density at radius 2 is 2.11 bits per heavy atom. The summed E-state index contributed by atoms with van der Waals surface area (Å²) in [5.74, 6) is -0.354. The SMILES string of the molecule is CC(C)NC(=O)COc1cc(F)ccc1[C@@H](C)N. The minimum Gasteiger partial charge on any atom is -0.483 e. The zero-order valence-electron chi connectivity index (χ0n) is 10.9. The minimum absolute atomic E-state index is 0.0431. The number of ether oxygens (including phenoxy) is 1. The van der Waals surface area contributed by atoms with Crippen LogP contribution in [0.2, 0.25) is 0 Å². The van der Waals surface area contributed by atoms with E-state index in [4.69, 9.17) is 10.5 Å². The monoisotopic (exact) mass is 254 g/mol. The second-order valence-corrected chi connectivity index (χ2v) is 4.48. The summed E-state index contributed by atoms with van der Waals surface area (Å²) in [6.45, 7) is 5.33. The van der Waals surface area contributed by atoms with Crippen molar-refractivity contribution in [1.29, 1.82) is 0 Å². The van der Waals surface area contributed by atoms with E-state index in [9.17, 15) is 9.18 Å². The summed E-state index contributed by atoms with van der Waals surface area (Å²) in [7, 11) is 0. The predicted molar refractivity (Wildman–Crippen MR) is 67.8 cm³/mol. The van der Waals surface area contributed by atoms with Crippen LogP contribution in [-0.4, -0.2) is 18.6 Å². The smallest absolute Gasteiger partial charge is 0.258 e.